The number of anilines is 1. The molecule has 0 radical (unpaired) electrons. The molecule has 27 heavy (non-hydrogen) atoms. The van der Waals surface area contributed by atoms with Gasteiger partial charge < -0.3 is 9.64 Å². The fraction of sp³-hybridized carbons (Fsp3) is 0.500. The Morgan fingerprint density at radius 2 is 1.96 bits per heavy atom. The van der Waals surface area contributed by atoms with E-state index in [0.717, 1.165) is 0 Å². The van der Waals surface area contributed by atoms with Gasteiger partial charge in [-0.25, -0.2) is 14.0 Å². The van der Waals surface area contributed by atoms with Crippen LogP contribution in [0.4, 0.5) is 19.7 Å². The van der Waals surface area contributed by atoms with E-state index in [-0.39, 0.29) is 6.09 Å². The van der Waals surface area contributed by atoms with Gasteiger partial charge in [0.15, 0.2) is 0 Å². The van der Waals surface area contributed by atoms with Gasteiger partial charge in [0.2, 0.25) is 0 Å². The molecule has 9 heteroatoms. The van der Waals surface area contributed by atoms with Gasteiger partial charge in [0, 0.05) is 17.6 Å². The largest absolute Gasteiger partial charge is 0.444 e. The molecule has 1 aromatic carbocycles. The zero-order chi connectivity index (χ0) is 20.0. The van der Waals surface area contributed by atoms with Gasteiger partial charge in [-0.15, -0.1) is 0 Å². The van der Waals surface area contributed by atoms with Crippen LogP contribution < -0.4 is 10.2 Å². The molecule has 2 heterocycles. The molecule has 2 aliphatic rings. The summed E-state index contributed by atoms with van der Waals surface area (Å²) in [5.74, 6) is -0.444. The lowest BCUT2D eigenvalue weighted by Crippen LogP contribution is -2.57. The van der Waals surface area contributed by atoms with E-state index in [1.807, 2.05) is 20.8 Å². The van der Waals surface area contributed by atoms with Crippen molar-refractivity contribution in [3.05, 3.63) is 28.5 Å². The minimum absolute atomic E-state index is 0.382. The Balaban J connectivity index is 1.86. The molecule has 3 rings (SSSR count). The number of benzene rings is 1. The van der Waals surface area contributed by atoms with Crippen molar-refractivity contribution in [1.29, 1.82) is 0 Å². The maximum Gasteiger partial charge on any atom is 0.410 e. The third-order valence-corrected chi connectivity index (χ3v) is 5.82. The number of rotatable bonds is 1. The number of piperidine rings is 1. The summed E-state index contributed by atoms with van der Waals surface area (Å²) in [5.41, 5.74) is -0.954. The zero-order valence-electron chi connectivity index (χ0n) is 15.3. The molecule has 2 saturated heterocycles. The van der Waals surface area contributed by atoms with E-state index in [2.05, 4.69) is 21.2 Å². The van der Waals surface area contributed by atoms with Crippen molar-refractivity contribution in [2.24, 2.45) is 0 Å². The second-order valence-corrected chi connectivity index (χ2v) is 8.95. The first-order valence-corrected chi connectivity index (χ1v) is 9.82. The number of hydrogen-bond acceptors (Lipinski definition) is 4. The van der Waals surface area contributed by atoms with Gasteiger partial charge in [0.1, 0.15) is 21.9 Å². The van der Waals surface area contributed by atoms with Crippen molar-refractivity contribution in [1.82, 2.24) is 10.2 Å². The number of carbonyl (C=O) groups is 2. The lowest BCUT2D eigenvalue weighted by Gasteiger charge is -2.43. The van der Waals surface area contributed by atoms with Crippen LogP contribution in [-0.2, 0) is 4.74 Å². The van der Waals surface area contributed by atoms with E-state index in [0.29, 0.717) is 41.1 Å². The summed E-state index contributed by atoms with van der Waals surface area (Å²) < 4.78 is 19.8. The molecule has 0 saturated carbocycles. The molecule has 0 aromatic heterocycles. The van der Waals surface area contributed by atoms with Crippen molar-refractivity contribution >= 4 is 50.9 Å². The van der Waals surface area contributed by atoms with Gasteiger partial charge in [0.05, 0.1) is 5.69 Å². The molecule has 2 aliphatic heterocycles. The van der Waals surface area contributed by atoms with Crippen molar-refractivity contribution in [2.75, 3.05) is 18.0 Å². The highest BCUT2D eigenvalue weighted by atomic mass is 79.9. The van der Waals surface area contributed by atoms with Crippen LogP contribution in [0.2, 0.25) is 0 Å². The Morgan fingerprint density at radius 1 is 1.33 bits per heavy atom. The molecule has 1 spiro atoms. The Kier molecular flexibility index (Phi) is 5.20. The first-order valence-electron chi connectivity index (χ1n) is 8.62. The number of amides is 3. The Labute approximate surface area is 171 Å². The SMILES string of the molecule is CC(C)(C)OC(=O)N1CCC2(CC1)C(=S)NC(=O)N2c1cc(F)ccc1Br. The molecule has 6 nitrogen and oxygen atoms in total. The molecule has 1 N–H and O–H groups in total. The average Bonchev–Trinajstić information content (AvgIpc) is 2.79. The molecule has 1 aromatic rings. The number of urea groups is 1. The summed E-state index contributed by atoms with van der Waals surface area (Å²) in [5, 5.41) is 2.70. The molecular formula is C18H21BrFN3O3S. The average molecular weight is 458 g/mol. The van der Waals surface area contributed by atoms with Crippen molar-refractivity contribution in [2.45, 2.75) is 44.8 Å². The van der Waals surface area contributed by atoms with Crippen LogP contribution in [0.25, 0.3) is 0 Å². The van der Waals surface area contributed by atoms with Crippen molar-refractivity contribution < 1.29 is 18.7 Å². The highest BCUT2D eigenvalue weighted by molar-refractivity contribution is 9.10. The van der Waals surface area contributed by atoms with Crippen LogP contribution in [0.1, 0.15) is 33.6 Å². The zero-order valence-corrected chi connectivity index (χ0v) is 17.7. The third-order valence-electron chi connectivity index (χ3n) is 4.67. The molecule has 0 bridgehead atoms. The number of thiocarbonyl (C=S) groups is 1. The van der Waals surface area contributed by atoms with E-state index in [1.54, 1.807) is 11.0 Å². The number of carbonyl (C=O) groups excluding carboxylic acids is 2. The second kappa shape index (κ2) is 7.01. The molecule has 0 atom stereocenters. The highest BCUT2D eigenvalue weighted by Gasteiger charge is 2.53. The molecule has 0 unspecified atom stereocenters. The standard InChI is InChI=1S/C18H21BrFN3O3S/c1-17(2,3)26-16(25)22-8-6-18(7-9-22)14(27)21-15(24)23(18)13-10-11(20)4-5-12(13)19/h4-5,10H,6-9H2,1-3H3,(H,21,24,27). The monoisotopic (exact) mass is 457 g/mol. The number of nitrogens with one attached hydrogen (secondary N) is 1. The van der Waals surface area contributed by atoms with Crippen LogP contribution in [-0.4, -0.2) is 46.2 Å². The normalized spacial score (nSPS) is 19.4. The predicted molar refractivity (Wildman–Crippen MR) is 107 cm³/mol. The Hall–Kier alpha value is -1.74. The number of hydrogen-bond donors (Lipinski definition) is 1. The van der Waals surface area contributed by atoms with E-state index in [1.165, 1.54) is 17.0 Å². The quantitative estimate of drug-likeness (QED) is 0.641. The van der Waals surface area contributed by atoms with Gasteiger partial charge in [-0.05, 0) is 67.7 Å². The Bertz CT molecular complexity index is 804. The van der Waals surface area contributed by atoms with Crippen LogP contribution in [0.5, 0.6) is 0 Å². The molecular weight excluding hydrogens is 437 g/mol. The van der Waals surface area contributed by atoms with E-state index >= 15 is 0 Å². The van der Waals surface area contributed by atoms with Gasteiger partial charge in [0.25, 0.3) is 0 Å². The minimum Gasteiger partial charge on any atom is -0.444 e. The fourth-order valence-corrected chi connectivity index (χ4v) is 4.21. The smallest absolute Gasteiger partial charge is 0.410 e. The molecule has 3 amide bonds. The van der Waals surface area contributed by atoms with Gasteiger partial charge in [-0.1, -0.05) is 12.2 Å². The van der Waals surface area contributed by atoms with Crippen LogP contribution >= 0.6 is 28.1 Å². The number of likely N-dealkylation sites (tertiary alicyclic amines) is 1. The summed E-state index contributed by atoms with van der Waals surface area (Å²) in [6.45, 7) is 6.21. The summed E-state index contributed by atoms with van der Waals surface area (Å²) in [6.07, 6.45) is 0.485. The van der Waals surface area contributed by atoms with Crippen LogP contribution in [0.3, 0.4) is 0 Å². The van der Waals surface area contributed by atoms with Crippen LogP contribution in [0.15, 0.2) is 22.7 Å². The third kappa shape index (κ3) is 3.80. The predicted octanol–water partition coefficient (Wildman–Crippen LogP) is 4.21. The number of ether oxygens (including phenoxy) is 1. The first kappa shape index (κ1) is 20.0. The Morgan fingerprint density at radius 3 is 2.56 bits per heavy atom. The lowest BCUT2D eigenvalue weighted by atomic mass is 9.86. The molecule has 0 aliphatic carbocycles. The fourth-order valence-electron chi connectivity index (χ4n) is 3.40. The maximum atomic E-state index is 13.8. The first-order chi connectivity index (χ1) is 12.5. The van der Waals surface area contributed by atoms with E-state index in [4.69, 9.17) is 17.0 Å². The lowest BCUT2D eigenvalue weighted by molar-refractivity contribution is 0.0194. The summed E-state index contributed by atoms with van der Waals surface area (Å²) in [6, 6.07) is 3.79. The number of halogens is 2. The summed E-state index contributed by atoms with van der Waals surface area (Å²) in [7, 11) is 0. The molecule has 146 valence electrons. The summed E-state index contributed by atoms with van der Waals surface area (Å²) in [4.78, 5) is 28.5. The summed E-state index contributed by atoms with van der Waals surface area (Å²) >= 11 is 8.85. The van der Waals surface area contributed by atoms with Crippen molar-refractivity contribution in [3.8, 4) is 0 Å². The van der Waals surface area contributed by atoms with E-state index in [9.17, 15) is 14.0 Å². The van der Waals surface area contributed by atoms with E-state index < -0.39 is 23.0 Å². The van der Waals surface area contributed by atoms with Crippen molar-refractivity contribution in [3.63, 3.8) is 0 Å². The highest BCUT2D eigenvalue weighted by Crippen LogP contribution is 2.41. The van der Waals surface area contributed by atoms with Gasteiger partial charge in [-0.3, -0.25) is 10.2 Å². The minimum atomic E-state index is -0.790. The maximum absolute atomic E-state index is 13.8. The second-order valence-electron chi connectivity index (χ2n) is 7.69. The number of nitrogens with zero attached hydrogens (tertiary/aromatic N) is 2. The van der Waals surface area contributed by atoms with Crippen LogP contribution in [0, 0.1) is 5.82 Å². The van der Waals surface area contributed by atoms with Gasteiger partial charge >= 0.3 is 12.1 Å². The van der Waals surface area contributed by atoms with Gasteiger partial charge in [-0.2, -0.15) is 0 Å². The molecule has 2 fully saturated rings. The topological polar surface area (TPSA) is 61.9 Å².